The Hall–Kier alpha value is 4.55. The molecule has 0 aliphatic carbocycles. The van der Waals surface area contributed by atoms with Crippen LogP contribution in [0.25, 0.3) is 0 Å². The summed E-state index contributed by atoms with van der Waals surface area (Å²) in [6.45, 7) is 186. The molecule has 552 valence electrons. The first-order valence-electron chi connectivity index (χ1n) is 38.5. The van der Waals surface area contributed by atoms with Crippen molar-refractivity contribution in [3.05, 3.63) is 0 Å². The van der Waals surface area contributed by atoms with Gasteiger partial charge in [0.1, 0.15) is 0 Å². The van der Waals surface area contributed by atoms with Gasteiger partial charge in [0.2, 0.25) is 0 Å². The molecule has 2 aliphatic heterocycles. The van der Waals surface area contributed by atoms with E-state index in [9.17, 15) is 0 Å². The number of hydrogen-bond donors (Lipinski definition) is 0. The Bertz CT molecular complexity index is 2220. The second kappa shape index (κ2) is 24.3. The molecular formula is C72H180Si21. The topological polar surface area (TPSA) is 0 Å². The van der Waals surface area contributed by atoms with Gasteiger partial charge in [-0.1, -0.05) is 406 Å². The minimum absolute atomic E-state index is 0.344. The second-order valence-corrected chi connectivity index (χ2v) is 290. The molecule has 0 saturated heterocycles. The van der Waals surface area contributed by atoms with Gasteiger partial charge in [-0.15, -0.1) is 0 Å². The molecule has 93 heavy (non-hydrogen) atoms. The quantitative estimate of drug-likeness (QED) is 0.135. The smallest absolute Gasteiger partial charge is 0.0614 e. The molecule has 0 radical (unpaired) electrons. The number of rotatable bonds is 16. The average Bonchev–Trinajstić information content (AvgIpc) is 4.07. The molecule has 21 heteroatoms. The van der Waals surface area contributed by atoms with Crippen LogP contribution >= 0.6 is 0 Å². The Morgan fingerprint density at radius 3 is 0.226 bits per heavy atom. The van der Waals surface area contributed by atoms with E-state index >= 15 is 0 Å². The summed E-state index contributed by atoms with van der Waals surface area (Å²) in [6.07, 6.45) is -12.2. The van der Waals surface area contributed by atoms with E-state index < -0.39 is 150 Å². The third kappa shape index (κ3) is 11.6. The predicted molar refractivity (Wildman–Crippen MR) is 498 cm³/mol. The van der Waals surface area contributed by atoms with Gasteiger partial charge in [0.15, 0.2) is 0 Å². The van der Waals surface area contributed by atoms with E-state index in [2.05, 4.69) is 406 Å². The van der Waals surface area contributed by atoms with E-state index in [0.29, 0.717) is 60.5 Å². The summed E-state index contributed by atoms with van der Waals surface area (Å²) in [5.41, 5.74) is 0. The van der Waals surface area contributed by atoms with Gasteiger partial charge in [-0.2, -0.15) is 0 Å². The molecule has 0 atom stereocenters. The molecule has 0 aromatic carbocycles. The largest absolute Gasteiger partial charge is 0.0713 e. The minimum Gasteiger partial charge on any atom is -0.0713 e. The third-order valence-electron chi connectivity index (χ3n) is 37.1. The van der Waals surface area contributed by atoms with Crippen molar-refractivity contribution < 1.29 is 0 Å². The maximum atomic E-state index is 3.38. The molecule has 0 N–H and O–H groups in total. The van der Waals surface area contributed by atoms with Crippen molar-refractivity contribution in [2.24, 2.45) is 0 Å². The van der Waals surface area contributed by atoms with Gasteiger partial charge < -0.3 is 0 Å². The highest BCUT2D eigenvalue weighted by atomic mass is 30.9. The molecule has 0 unspecified atom stereocenters. The van der Waals surface area contributed by atoms with E-state index in [1.807, 2.05) is 0 Å². The lowest BCUT2D eigenvalue weighted by Gasteiger charge is -2.71. The lowest BCUT2D eigenvalue weighted by Crippen LogP contribution is -2.96. The molecule has 0 fully saturated rings. The van der Waals surface area contributed by atoms with Crippen LogP contribution in [-0.4, -0.2) is 150 Å². The molecule has 0 bridgehead atoms. The van der Waals surface area contributed by atoms with Crippen LogP contribution in [-0.2, 0) is 0 Å². The SMILES string of the molecule is CC(C)(C)[Si](C)(C)[Si]([Si]1=[Si]([Si]([Si](C)(C)C(C)(C)C)([Si](C)(C)C(C)(C)C)[Si](C)(C)C(C)(C)C)[Si]12[Si]([Si]([Si](C)(C)C(C)(C)C)([Si](C)(C)C(C)(C)C)[Si](C)(C)C(C)(C)C)=[Si]2[Si]([Si](C)(C)C(C)(C)C)([Si](C)(C)C(C)(C)C)[Si](C)(C)C(C)(C)C)([Si](C)(C)C(C)(C)C)[Si](C)(C)C(C)(C)C. The molecule has 2 rings (SSSR count). The zero-order chi connectivity index (χ0) is 76.8. The molecule has 0 amide bonds. The Morgan fingerprint density at radius 2 is 0.183 bits per heavy atom. The van der Waals surface area contributed by atoms with Crippen molar-refractivity contribution >= 4 is 150 Å². The van der Waals surface area contributed by atoms with Gasteiger partial charge in [0.05, 0.1) is 6.14 Å². The van der Waals surface area contributed by atoms with Crippen LogP contribution in [0.3, 0.4) is 0 Å². The molecular weight excluding hydrogens is 1450 g/mol. The van der Waals surface area contributed by atoms with Crippen LogP contribution in [0.1, 0.15) is 249 Å². The summed E-state index contributed by atoms with van der Waals surface area (Å²) in [7, 11) is -27.2. The van der Waals surface area contributed by atoms with Crippen LogP contribution in [0.15, 0.2) is 0 Å². The normalized spacial score (nSPS) is 19.0. The first-order valence-corrected chi connectivity index (χ1v) is 112. The first kappa shape index (κ1) is 93.6. The summed E-state index contributed by atoms with van der Waals surface area (Å²) in [5, 5.41) is 4.13. The first-order chi connectivity index (χ1) is 39.0. The van der Waals surface area contributed by atoms with Crippen LogP contribution in [0.5, 0.6) is 0 Å². The van der Waals surface area contributed by atoms with Gasteiger partial charge in [-0.25, -0.2) is 0 Å². The van der Waals surface area contributed by atoms with Crippen molar-refractivity contribution in [1.29, 1.82) is 0 Å². The van der Waals surface area contributed by atoms with Crippen molar-refractivity contribution in [3.63, 3.8) is 0 Å². The summed E-state index contributed by atoms with van der Waals surface area (Å²) >= 11 is 0. The molecule has 0 aromatic rings. The summed E-state index contributed by atoms with van der Waals surface area (Å²) < 4.78 is 0. The lowest BCUT2D eigenvalue weighted by atomic mass is 10.2. The maximum absolute atomic E-state index is 3.38. The Labute approximate surface area is 610 Å². The average molecular weight is 1640 g/mol. The standard InChI is InChI=1S/C72H180Si21/c1-61(2,3)77(37,38)90(78(39,40)62(4,5)6,79(41,42)63(7,8)9)73-74(91(80(43,44)64(10,11)12,81(45,46)65(13,14)15)82(47,48)66(16,17)18)89(73)75(92(83(49,50)67(19,20)21,84(51,52)68(22,23)24)85(53,54)69(25,26)27)76(89)93(86(55,56)70(28,29)30,87(57,58)71(31,32)33)88(59,60)72(34,35)36/h1-60H3. The fourth-order valence-corrected chi connectivity index (χ4v) is 1450. The van der Waals surface area contributed by atoms with Gasteiger partial charge >= 0.3 is 0 Å². The van der Waals surface area contributed by atoms with E-state index in [4.69, 9.17) is 0 Å². The summed E-state index contributed by atoms with van der Waals surface area (Å²) in [5.74, 6) is 0. The molecule has 2 aliphatic rings. The molecule has 0 aromatic heterocycles. The minimum atomic E-state index is -2.47. The molecule has 1 spiro atoms. The Kier molecular flexibility index (Phi) is 24.4. The van der Waals surface area contributed by atoms with Crippen LogP contribution in [0.2, 0.25) is 218 Å². The van der Waals surface area contributed by atoms with Crippen LogP contribution in [0.4, 0.5) is 0 Å². The van der Waals surface area contributed by atoms with E-state index in [1.54, 1.807) is 0 Å². The molecule has 0 nitrogen and oxygen atoms in total. The summed E-state index contributed by atoms with van der Waals surface area (Å²) in [6, 6.07) is 0. The third-order valence-corrected chi connectivity index (χ3v) is 658. The number of hydrogen-bond acceptors (Lipinski definition) is 0. The van der Waals surface area contributed by atoms with Gasteiger partial charge in [-0.05, 0) is 88.2 Å². The molecule has 2 heterocycles. The van der Waals surface area contributed by atoms with E-state index in [1.165, 1.54) is 0 Å². The van der Waals surface area contributed by atoms with Crippen LogP contribution < -0.4 is 0 Å². The van der Waals surface area contributed by atoms with Crippen LogP contribution in [0, 0.1) is 0 Å². The Morgan fingerprint density at radius 1 is 0.129 bits per heavy atom. The highest BCUT2D eigenvalue weighted by molar-refractivity contribution is 8.58. The zero-order valence-corrected chi connectivity index (χ0v) is 97.5. The second-order valence-electron chi connectivity index (χ2n) is 51.8. The van der Waals surface area contributed by atoms with Crippen molar-refractivity contribution in [1.82, 2.24) is 0 Å². The Balaban J connectivity index is 5.39. The fraction of sp³-hybridized carbons (Fsp3) is 1.00. The van der Waals surface area contributed by atoms with Crippen molar-refractivity contribution in [3.8, 4) is 0 Å². The fourth-order valence-electron chi connectivity index (χ4n) is 22.8. The van der Waals surface area contributed by atoms with Crippen molar-refractivity contribution in [2.75, 3.05) is 0 Å². The van der Waals surface area contributed by atoms with Gasteiger partial charge in [0.25, 0.3) is 0 Å². The highest BCUT2D eigenvalue weighted by Crippen LogP contribution is 2.73. The van der Waals surface area contributed by atoms with Gasteiger partial charge in [-0.3, -0.25) is 0 Å². The summed E-state index contributed by atoms with van der Waals surface area (Å²) in [4.78, 5) is 0. The maximum Gasteiger partial charge on any atom is 0.0614 e. The predicted octanol–water partition coefficient (Wildman–Crippen LogP) is 27.1. The highest BCUT2D eigenvalue weighted by Gasteiger charge is 2.98. The van der Waals surface area contributed by atoms with Crippen molar-refractivity contribution in [2.45, 2.75) is 467 Å². The monoisotopic (exact) mass is 1630 g/mol. The molecule has 0 saturated carbocycles. The van der Waals surface area contributed by atoms with Gasteiger partial charge in [0, 0.05) is 116 Å². The van der Waals surface area contributed by atoms with E-state index in [0.717, 1.165) is 0 Å². The zero-order valence-electron chi connectivity index (χ0n) is 76.5. The van der Waals surface area contributed by atoms with E-state index in [-0.39, 0.29) is 0 Å². The lowest BCUT2D eigenvalue weighted by molar-refractivity contribution is 0.719.